The molecule has 2 amide bonds. The highest BCUT2D eigenvalue weighted by molar-refractivity contribution is 7.92. The minimum Gasteiger partial charge on any atom is -0.495 e. The number of nitrogens with zero attached hydrogens (tertiary/aromatic N) is 2. The van der Waals surface area contributed by atoms with E-state index in [4.69, 9.17) is 4.74 Å². The van der Waals surface area contributed by atoms with Crippen molar-refractivity contribution in [3.05, 3.63) is 59.7 Å². The minimum atomic E-state index is -3.61. The number of ether oxygens (including phenoxy) is 1. The second kappa shape index (κ2) is 13.6. The van der Waals surface area contributed by atoms with E-state index in [0.29, 0.717) is 30.8 Å². The summed E-state index contributed by atoms with van der Waals surface area (Å²) in [6, 6.07) is 14.4. The standard InChI is InChI=1S/C29H41N3O5S/c1-5-25(29(34)30-24-14-6-7-15-24)31(21-23-13-10-12-22(2)20-23)28(33)18-11-19-32(38(4,35)36)26-16-8-9-17-27(26)37-3/h8-10,12-13,16-17,20,24-25H,5-7,11,14-15,18-19,21H2,1-4H3,(H,30,34)/t25-/m1/s1. The highest BCUT2D eigenvalue weighted by Crippen LogP contribution is 2.30. The SMILES string of the molecule is CC[C@H](C(=O)NC1CCCC1)N(Cc1cccc(C)c1)C(=O)CCCN(c1ccccc1OC)S(C)(=O)=O. The van der Waals surface area contributed by atoms with E-state index in [9.17, 15) is 18.0 Å². The highest BCUT2D eigenvalue weighted by Gasteiger charge is 2.31. The molecule has 2 aromatic rings. The number of nitrogens with one attached hydrogen (secondary N) is 1. The van der Waals surface area contributed by atoms with Gasteiger partial charge in [0.15, 0.2) is 0 Å². The van der Waals surface area contributed by atoms with Crippen molar-refractivity contribution in [2.75, 3.05) is 24.2 Å². The van der Waals surface area contributed by atoms with Crippen molar-refractivity contribution in [1.82, 2.24) is 10.2 Å². The van der Waals surface area contributed by atoms with Crippen molar-refractivity contribution in [2.24, 2.45) is 0 Å². The molecule has 0 bridgehead atoms. The third-order valence-corrected chi connectivity index (χ3v) is 8.21. The van der Waals surface area contributed by atoms with Crippen LogP contribution in [0.15, 0.2) is 48.5 Å². The van der Waals surface area contributed by atoms with Gasteiger partial charge in [0, 0.05) is 25.6 Å². The summed E-state index contributed by atoms with van der Waals surface area (Å²) in [4.78, 5) is 28.6. The van der Waals surface area contributed by atoms with Crippen LogP contribution in [0.3, 0.4) is 0 Å². The first-order chi connectivity index (χ1) is 18.1. The van der Waals surface area contributed by atoms with E-state index in [2.05, 4.69) is 5.32 Å². The van der Waals surface area contributed by atoms with Crippen LogP contribution in [-0.4, -0.2) is 57.1 Å². The Balaban J connectivity index is 1.77. The molecule has 8 nitrogen and oxygen atoms in total. The molecule has 0 heterocycles. The Labute approximate surface area is 227 Å². The molecule has 0 aromatic heterocycles. The predicted octanol–water partition coefficient (Wildman–Crippen LogP) is 4.42. The largest absolute Gasteiger partial charge is 0.495 e. The van der Waals surface area contributed by atoms with Gasteiger partial charge in [0.25, 0.3) is 0 Å². The second-order valence-corrected chi connectivity index (χ2v) is 11.9. The number of benzene rings is 2. The van der Waals surface area contributed by atoms with E-state index in [-0.39, 0.29) is 30.8 Å². The summed E-state index contributed by atoms with van der Waals surface area (Å²) < 4.78 is 31.9. The van der Waals surface area contributed by atoms with E-state index in [1.807, 2.05) is 38.1 Å². The number of hydrogen-bond acceptors (Lipinski definition) is 5. The van der Waals surface area contributed by atoms with E-state index >= 15 is 0 Å². The van der Waals surface area contributed by atoms with Crippen molar-refractivity contribution in [3.63, 3.8) is 0 Å². The van der Waals surface area contributed by atoms with Gasteiger partial charge in [0.05, 0.1) is 19.1 Å². The van der Waals surface area contributed by atoms with Crippen molar-refractivity contribution < 1.29 is 22.7 Å². The fourth-order valence-corrected chi connectivity index (χ4v) is 6.08. The molecule has 38 heavy (non-hydrogen) atoms. The molecule has 0 radical (unpaired) electrons. The Morgan fingerprint density at radius 2 is 1.82 bits per heavy atom. The van der Waals surface area contributed by atoms with Gasteiger partial charge in [-0.15, -0.1) is 0 Å². The molecule has 0 aliphatic heterocycles. The Bertz CT molecular complexity index is 1190. The molecular weight excluding hydrogens is 502 g/mol. The van der Waals surface area contributed by atoms with Crippen molar-refractivity contribution in [2.45, 2.75) is 77.4 Å². The van der Waals surface area contributed by atoms with Gasteiger partial charge < -0.3 is 15.0 Å². The Morgan fingerprint density at radius 3 is 2.45 bits per heavy atom. The average Bonchev–Trinajstić information content (AvgIpc) is 3.38. The van der Waals surface area contributed by atoms with Crippen LogP contribution in [0.1, 0.15) is 63.0 Å². The molecule has 1 fully saturated rings. The lowest BCUT2D eigenvalue weighted by atomic mass is 10.1. The number of aryl methyl sites for hydroxylation is 1. The molecule has 0 unspecified atom stereocenters. The van der Waals surface area contributed by atoms with Crippen molar-refractivity contribution in [3.8, 4) is 5.75 Å². The molecular formula is C29H41N3O5S. The molecule has 1 N–H and O–H groups in total. The highest BCUT2D eigenvalue weighted by atomic mass is 32.2. The van der Waals surface area contributed by atoms with Gasteiger partial charge in [-0.1, -0.05) is 61.7 Å². The lowest BCUT2D eigenvalue weighted by Crippen LogP contribution is -2.51. The summed E-state index contributed by atoms with van der Waals surface area (Å²) in [6.45, 7) is 4.35. The molecule has 1 aliphatic carbocycles. The molecule has 208 valence electrons. The molecule has 3 rings (SSSR count). The third-order valence-electron chi connectivity index (χ3n) is 7.03. The number of hydrogen-bond donors (Lipinski definition) is 1. The van der Waals surface area contributed by atoms with Gasteiger partial charge in [-0.05, 0) is 50.3 Å². The maximum Gasteiger partial charge on any atom is 0.243 e. The van der Waals surface area contributed by atoms with E-state index in [1.54, 1.807) is 29.2 Å². The first kappa shape index (κ1) is 29.5. The minimum absolute atomic E-state index is 0.111. The van der Waals surface area contributed by atoms with E-state index in [0.717, 1.165) is 43.1 Å². The summed E-state index contributed by atoms with van der Waals surface area (Å²) in [5, 5.41) is 3.16. The molecule has 0 saturated heterocycles. The number of sulfonamides is 1. The van der Waals surface area contributed by atoms with E-state index < -0.39 is 16.1 Å². The maximum atomic E-state index is 13.6. The fraction of sp³-hybridized carbons (Fsp3) is 0.517. The van der Waals surface area contributed by atoms with Crippen LogP contribution in [-0.2, 0) is 26.2 Å². The van der Waals surface area contributed by atoms with Crippen LogP contribution in [0.5, 0.6) is 5.75 Å². The molecule has 1 saturated carbocycles. The Hall–Kier alpha value is -3.07. The summed E-state index contributed by atoms with van der Waals surface area (Å²) in [5.74, 6) is 0.153. The molecule has 1 aliphatic rings. The lowest BCUT2D eigenvalue weighted by molar-refractivity contribution is -0.141. The van der Waals surface area contributed by atoms with Crippen LogP contribution < -0.4 is 14.4 Å². The number of amides is 2. The number of anilines is 1. The van der Waals surface area contributed by atoms with Crippen LogP contribution in [0, 0.1) is 6.92 Å². The average molecular weight is 544 g/mol. The number of carbonyl (C=O) groups excluding carboxylic acids is 2. The van der Waals surface area contributed by atoms with Crippen LogP contribution in [0.2, 0.25) is 0 Å². The van der Waals surface area contributed by atoms with Gasteiger partial charge in [-0.25, -0.2) is 8.42 Å². The Kier molecular flexibility index (Phi) is 10.6. The van der Waals surface area contributed by atoms with Gasteiger partial charge in [-0.3, -0.25) is 13.9 Å². The fourth-order valence-electron chi connectivity index (χ4n) is 5.11. The molecule has 1 atom stereocenters. The maximum absolute atomic E-state index is 13.6. The first-order valence-electron chi connectivity index (χ1n) is 13.4. The zero-order valence-electron chi connectivity index (χ0n) is 23.0. The molecule has 9 heteroatoms. The summed E-state index contributed by atoms with van der Waals surface area (Å²) in [5.41, 5.74) is 2.47. The second-order valence-electron chi connectivity index (χ2n) is 10.0. The first-order valence-corrected chi connectivity index (χ1v) is 15.2. The summed E-state index contributed by atoms with van der Waals surface area (Å²) in [7, 11) is -2.11. The van der Waals surface area contributed by atoms with Gasteiger partial charge in [0.2, 0.25) is 21.8 Å². The van der Waals surface area contributed by atoms with Gasteiger partial charge >= 0.3 is 0 Å². The van der Waals surface area contributed by atoms with Gasteiger partial charge in [0.1, 0.15) is 11.8 Å². The number of rotatable bonds is 13. The molecule has 0 spiro atoms. The smallest absolute Gasteiger partial charge is 0.243 e. The third kappa shape index (κ3) is 7.96. The monoisotopic (exact) mass is 543 g/mol. The Morgan fingerprint density at radius 1 is 1.11 bits per heavy atom. The van der Waals surface area contributed by atoms with Crippen molar-refractivity contribution in [1.29, 1.82) is 0 Å². The van der Waals surface area contributed by atoms with Crippen LogP contribution >= 0.6 is 0 Å². The van der Waals surface area contributed by atoms with Crippen molar-refractivity contribution >= 4 is 27.5 Å². The molecule has 2 aromatic carbocycles. The number of para-hydroxylation sites is 2. The van der Waals surface area contributed by atoms with E-state index in [1.165, 1.54) is 11.4 Å². The topological polar surface area (TPSA) is 96.0 Å². The summed E-state index contributed by atoms with van der Waals surface area (Å²) in [6.07, 6.45) is 6.21. The zero-order valence-corrected chi connectivity index (χ0v) is 23.8. The van der Waals surface area contributed by atoms with Crippen LogP contribution in [0.4, 0.5) is 5.69 Å². The normalized spacial score (nSPS) is 14.6. The van der Waals surface area contributed by atoms with Crippen LogP contribution in [0.25, 0.3) is 0 Å². The number of carbonyl (C=O) groups is 2. The summed E-state index contributed by atoms with van der Waals surface area (Å²) >= 11 is 0. The quantitative estimate of drug-likeness (QED) is 0.404. The zero-order chi connectivity index (χ0) is 27.7. The van der Waals surface area contributed by atoms with Gasteiger partial charge in [-0.2, -0.15) is 0 Å². The predicted molar refractivity (Wildman–Crippen MR) is 151 cm³/mol. The number of methoxy groups -OCH3 is 1. The lowest BCUT2D eigenvalue weighted by Gasteiger charge is -2.32.